The van der Waals surface area contributed by atoms with Crippen LogP contribution < -0.4 is 39.4 Å². The van der Waals surface area contributed by atoms with E-state index >= 15 is 0 Å². The molecule has 0 radical (unpaired) electrons. The summed E-state index contributed by atoms with van der Waals surface area (Å²) >= 11 is 1.57. The summed E-state index contributed by atoms with van der Waals surface area (Å²) in [4.78, 5) is 40.4. The fourth-order valence-electron chi connectivity index (χ4n) is 7.27. The summed E-state index contributed by atoms with van der Waals surface area (Å²) in [5.41, 5.74) is 0.754. The Bertz CT molecular complexity index is 2080. The second-order valence-corrected chi connectivity index (χ2v) is 14.9. The number of hydrogen-bond acceptors (Lipinski definition) is 11. The zero-order chi connectivity index (χ0) is 41.2. The van der Waals surface area contributed by atoms with E-state index in [1.54, 1.807) is 53.8 Å². The Labute approximate surface area is 339 Å². The molecule has 2 aromatic carbocycles. The average Bonchev–Trinajstić information content (AvgIpc) is 3.65. The first-order valence-corrected chi connectivity index (χ1v) is 19.7. The van der Waals surface area contributed by atoms with Crippen molar-refractivity contribution < 1.29 is 41.7 Å². The number of benzene rings is 2. The van der Waals surface area contributed by atoms with Crippen LogP contribution in [0, 0.1) is 0 Å². The number of thiazole rings is 1. The number of para-hydroxylation sites is 3. The van der Waals surface area contributed by atoms with Gasteiger partial charge in [-0.25, -0.2) is 9.97 Å². The molecule has 6 rings (SSSR count). The van der Waals surface area contributed by atoms with Gasteiger partial charge in [0, 0.05) is 55.9 Å². The number of halogens is 3. The van der Waals surface area contributed by atoms with Crippen LogP contribution >= 0.6 is 11.3 Å². The normalized spacial score (nSPS) is 18.4. The number of nitrogens with zero attached hydrogens (tertiary/aromatic N) is 4. The van der Waals surface area contributed by atoms with E-state index in [0.29, 0.717) is 48.3 Å². The minimum Gasteiger partial charge on any atom is -0.493 e. The highest BCUT2D eigenvalue weighted by Crippen LogP contribution is 2.40. The molecule has 2 fully saturated rings. The first-order valence-electron chi connectivity index (χ1n) is 18.9. The molecule has 2 aliphatic rings. The molecule has 4 aromatic rings. The van der Waals surface area contributed by atoms with E-state index in [1.165, 1.54) is 20.3 Å². The first-order chi connectivity index (χ1) is 28.0. The maximum absolute atomic E-state index is 13.4. The topological polar surface area (TPSA) is 127 Å². The van der Waals surface area contributed by atoms with Crippen molar-refractivity contribution in [2.45, 2.75) is 50.4 Å². The van der Waals surface area contributed by atoms with Crippen LogP contribution in [0.5, 0.6) is 23.0 Å². The van der Waals surface area contributed by atoms with Crippen molar-refractivity contribution in [3.63, 3.8) is 0 Å². The molecule has 4 heterocycles. The molecule has 2 N–H and O–H groups in total. The van der Waals surface area contributed by atoms with Crippen molar-refractivity contribution in [1.29, 1.82) is 0 Å². The summed E-state index contributed by atoms with van der Waals surface area (Å²) < 4.78 is 63.2. The van der Waals surface area contributed by atoms with Gasteiger partial charge in [0.25, 0.3) is 11.8 Å². The zero-order valence-electron chi connectivity index (χ0n) is 32.6. The van der Waals surface area contributed by atoms with Crippen LogP contribution in [-0.2, 0) is 15.8 Å². The summed E-state index contributed by atoms with van der Waals surface area (Å²) in [5.74, 6) is 1.01. The minimum absolute atomic E-state index is 0.0985. The molecule has 58 heavy (non-hydrogen) atoms. The summed E-state index contributed by atoms with van der Waals surface area (Å²) in [6.45, 7) is 7.40. The summed E-state index contributed by atoms with van der Waals surface area (Å²) in [6, 6.07) is 14.1. The number of methoxy groups -OCH3 is 2. The summed E-state index contributed by atoms with van der Waals surface area (Å²) in [6.07, 6.45) is 4.14. The van der Waals surface area contributed by atoms with Gasteiger partial charge in [0.2, 0.25) is 0 Å². The molecule has 0 bridgehead atoms. The number of carbonyl (C=O) groups excluding carboxylic acids is 2. The van der Waals surface area contributed by atoms with Crippen molar-refractivity contribution in [1.82, 2.24) is 20.6 Å². The number of carbonyl (C=O) groups is 2. The number of aromatic nitrogens is 2. The number of allylic oxidation sites excluding steroid dienone is 1. The van der Waals surface area contributed by atoms with Crippen molar-refractivity contribution in [2.75, 3.05) is 63.4 Å². The lowest BCUT2D eigenvalue weighted by Crippen LogP contribution is -2.51. The van der Waals surface area contributed by atoms with Crippen LogP contribution in [0.25, 0.3) is 12.2 Å². The summed E-state index contributed by atoms with van der Waals surface area (Å²) in [5, 5.41) is 7.02. The van der Waals surface area contributed by atoms with E-state index in [-0.39, 0.29) is 43.5 Å². The lowest BCUT2D eigenvalue weighted by Gasteiger charge is -2.39. The monoisotopic (exact) mass is 820 g/mol. The van der Waals surface area contributed by atoms with Gasteiger partial charge < -0.3 is 39.4 Å². The lowest BCUT2D eigenvalue weighted by molar-refractivity contribution is -0.137. The molecule has 12 nitrogen and oxygen atoms in total. The molecule has 0 saturated carbocycles. The van der Waals surface area contributed by atoms with Gasteiger partial charge >= 0.3 is 6.18 Å². The van der Waals surface area contributed by atoms with E-state index in [1.807, 2.05) is 30.0 Å². The van der Waals surface area contributed by atoms with Gasteiger partial charge in [0.1, 0.15) is 5.82 Å². The van der Waals surface area contributed by atoms with E-state index < -0.39 is 17.8 Å². The first kappa shape index (κ1) is 41.9. The highest BCUT2D eigenvalue weighted by atomic mass is 32.1. The van der Waals surface area contributed by atoms with E-state index in [2.05, 4.69) is 27.1 Å². The quantitative estimate of drug-likeness (QED) is 0.130. The van der Waals surface area contributed by atoms with Crippen LogP contribution in [0.1, 0.15) is 53.8 Å². The number of pyridine rings is 1. The molecule has 3 atom stereocenters. The zero-order valence-corrected chi connectivity index (χ0v) is 33.4. The molecule has 3 unspecified atom stereocenters. The predicted molar refractivity (Wildman–Crippen MR) is 218 cm³/mol. The molecule has 2 amide bonds. The van der Waals surface area contributed by atoms with Crippen LogP contribution in [0.3, 0.4) is 0 Å². The standard InChI is InChI=1S/C42H47F3N6O6S/c1-5-11-32-36(6-2)58-41(49-32)50-19-10-12-29(23-50)47-38(52)26-57-35-16-9-13-31(40(35)55-4)27-20-30(48-39(53)25-56-34-15-8-7-14-33(34)54-3)24-51(22-27)37-18-17-28(21-46-37)42(43,44)45/h5-9,11,13-18,21,27,29-30H,2,10,12,19-20,22-26H2,1,3-4H3,(H,47,52)(H,48,53)/b11-5-. The number of alkyl halides is 3. The van der Waals surface area contributed by atoms with Gasteiger partial charge in [0.15, 0.2) is 41.3 Å². The van der Waals surface area contributed by atoms with E-state index in [9.17, 15) is 22.8 Å². The van der Waals surface area contributed by atoms with Gasteiger partial charge in [-0.2, -0.15) is 13.2 Å². The number of hydrogen-bond donors (Lipinski definition) is 2. The predicted octanol–water partition coefficient (Wildman–Crippen LogP) is 6.97. The number of nitrogens with one attached hydrogen (secondary N) is 2. The smallest absolute Gasteiger partial charge is 0.417 e. The maximum Gasteiger partial charge on any atom is 0.417 e. The highest BCUT2D eigenvalue weighted by molar-refractivity contribution is 7.16. The Morgan fingerprint density at radius 3 is 2.29 bits per heavy atom. The fourth-order valence-corrected chi connectivity index (χ4v) is 8.20. The maximum atomic E-state index is 13.4. The van der Waals surface area contributed by atoms with Crippen LogP contribution in [0.2, 0.25) is 0 Å². The Hall–Kier alpha value is -5.77. The Balaban J connectivity index is 1.14. The largest absolute Gasteiger partial charge is 0.493 e. The second kappa shape index (κ2) is 19.1. The summed E-state index contributed by atoms with van der Waals surface area (Å²) in [7, 11) is 3.01. The third-order valence-corrected chi connectivity index (χ3v) is 11.0. The van der Waals surface area contributed by atoms with Gasteiger partial charge in [-0.05, 0) is 68.7 Å². The van der Waals surface area contributed by atoms with E-state index in [0.717, 1.165) is 52.9 Å². The van der Waals surface area contributed by atoms with Crippen molar-refractivity contribution in [2.24, 2.45) is 0 Å². The lowest BCUT2D eigenvalue weighted by atomic mass is 9.87. The fraction of sp³-hybridized carbons (Fsp3) is 0.381. The molecule has 2 aromatic heterocycles. The molecule has 2 saturated heterocycles. The molecule has 0 aliphatic carbocycles. The number of rotatable bonds is 15. The SMILES string of the molecule is C=Cc1sc(N2CCCC(NC(=O)COc3cccc(C4CC(NC(=O)COc5ccccc5OC)CN(c5ccc(C(F)(F)F)cn5)C4)c3OC)C2)nc1/C=C\C. The third-order valence-electron chi connectivity index (χ3n) is 9.89. The van der Waals surface area contributed by atoms with Crippen molar-refractivity contribution >= 4 is 46.3 Å². The highest BCUT2D eigenvalue weighted by Gasteiger charge is 2.34. The van der Waals surface area contributed by atoms with Crippen LogP contribution in [0.4, 0.5) is 24.1 Å². The van der Waals surface area contributed by atoms with Gasteiger partial charge in [-0.15, -0.1) is 0 Å². The number of piperidine rings is 2. The third kappa shape index (κ3) is 10.4. The number of anilines is 2. The number of amides is 2. The molecular formula is C42H47F3N6O6S. The number of ether oxygens (including phenoxy) is 4. The molecular weight excluding hydrogens is 774 g/mol. The second-order valence-electron chi connectivity index (χ2n) is 13.9. The molecule has 2 aliphatic heterocycles. The minimum atomic E-state index is -4.54. The average molecular weight is 821 g/mol. The van der Waals surface area contributed by atoms with Gasteiger partial charge in [0.05, 0.1) is 30.4 Å². The van der Waals surface area contributed by atoms with Gasteiger partial charge in [-0.3, -0.25) is 9.59 Å². The van der Waals surface area contributed by atoms with Crippen molar-refractivity contribution in [3.05, 3.63) is 95.1 Å². The van der Waals surface area contributed by atoms with Crippen LogP contribution in [-0.4, -0.2) is 87.5 Å². The van der Waals surface area contributed by atoms with E-state index in [4.69, 9.17) is 23.9 Å². The Kier molecular flexibility index (Phi) is 13.8. The van der Waals surface area contributed by atoms with Gasteiger partial charge in [-0.1, -0.05) is 48.3 Å². The Morgan fingerprint density at radius 2 is 1.62 bits per heavy atom. The van der Waals surface area contributed by atoms with Crippen molar-refractivity contribution in [3.8, 4) is 23.0 Å². The Morgan fingerprint density at radius 1 is 0.914 bits per heavy atom. The molecule has 308 valence electrons. The molecule has 16 heteroatoms. The molecule has 0 spiro atoms. The van der Waals surface area contributed by atoms with Crippen LogP contribution in [0.15, 0.2) is 73.4 Å².